The largest absolute Gasteiger partial charge is 0.469 e. The molecule has 0 fully saturated rings. The van der Waals surface area contributed by atoms with Gasteiger partial charge in [-0.05, 0) is 12.1 Å². The Hall–Kier alpha value is -2.70. The molecule has 0 bridgehead atoms. The molecule has 0 aliphatic carbocycles. The molecular weight excluding hydrogens is 303 g/mol. The number of methoxy groups -OCH3 is 1. The number of aryl methyl sites for hydroxylation is 1. The zero-order chi connectivity index (χ0) is 16.7. The summed E-state index contributed by atoms with van der Waals surface area (Å²) in [6, 6.07) is 6.23. The number of halogens is 1. The number of carbonyl (C=O) groups excluding carboxylic acids is 2. The molecule has 1 heterocycles. The molecule has 0 radical (unpaired) electrons. The first kappa shape index (κ1) is 16.7. The number of oxazole rings is 1. The lowest BCUT2D eigenvalue weighted by molar-refractivity contribution is -0.140. The van der Waals surface area contributed by atoms with Gasteiger partial charge in [-0.1, -0.05) is 12.1 Å². The topological polar surface area (TPSA) is 81.4 Å². The summed E-state index contributed by atoms with van der Waals surface area (Å²) in [5, 5.41) is 2.60. The second kappa shape index (κ2) is 8.07. The fourth-order valence-corrected chi connectivity index (χ4v) is 1.93. The quantitative estimate of drug-likeness (QED) is 0.790. The van der Waals surface area contributed by atoms with Gasteiger partial charge in [0, 0.05) is 19.4 Å². The highest BCUT2D eigenvalue weighted by atomic mass is 19.1. The number of esters is 1. The molecule has 7 heteroatoms. The van der Waals surface area contributed by atoms with Gasteiger partial charge in [0.2, 0.25) is 5.91 Å². The van der Waals surface area contributed by atoms with Gasteiger partial charge in [0.25, 0.3) is 0 Å². The van der Waals surface area contributed by atoms with Crippen LogP contribution in [0.15, 0.2) is 34.9 Å². The Kier molecular flexibility index (Phi) is 5.85. The molecular formula is C16H17FN2O4. The van der Waals surface area contributed by atoms with Crippen molar-refractivity contribution in [3.8, 4) is 11.3 Å². The minimum absolute atomic E-state index is 0.124. The highest BCUT2D eigenvalue weighted by molar-refractivity contribution is 5.77. The monoisotopic (exact) mass is 320 g/mol. The van der Waals surface area contributed by atoms with Crippen LogP contribution < -0.4 is 5.32 Å². The van der Waals surface area contributed by atoms with Crippen molar-refractivity contribution < 1.29 is 23.1 Å². The third-order valence-electron chi connectivity index (χ3n) is 3.14. The van der Waals surface area contributed by atoms with Gasteiger partial charge in [-0.3, -0.25) is 9.59 Å². The first-order chi connectivity index (χ1) is 11.1. The average Bonchev–Trinajstić information content (AvgIpc) is 3.02. The fraction of sp³-hybridized carbons (Fsp3) is 0.312. The molecule has 1 aromatic heterocycles. The molecule has 23 heavy (non-hydrogen) atoms. The van der Waals surface area contributed by atoms with Gasteiger partial charge in [0.05, 0.1) is 25.3 Å². The molecule has 1 N–H and O–H groups in total. The standard InChI is InChI=1S/C16H17FN2O4/c1-22-16(21)8-9-18-14(20)6-7-15-19-10-13(23-15)11-4-2-3-5-12(11)17/h2-5,10H,6-9H2,1H3,(H,18,20). The summed E-state index contributed by atoms with van der Waals surface area (Å²) in [6.07, 6.45) is 2.01. The Morgan fingerprint density at radius 2 is 2.09 bits per heavy atom. The van der Waals surface area contributed by atoms with E-state index in [-0.39, 0.29) is 31.3 Å². The number of ether oxygens (including phenoxy) is 1. The molecule has 0 saturated carbocycles. The zero-order valence-corrected chi connectivity index (χ0v) is 12.7. The van der Waals surface area contributed by atoms with Crippen molar-refractivity contribution in [2.45, 2.75) is 19.3 Å². The van der Waals surface area contributed by atoms with Crippen molar-refractivity contribution >= 4 is 11.9 Å². The van der Waals surface area contributed by atoms with Crippen molar-refractivity contribution in [2.24, 2.45) is 0 Å². The van der Waals surface area contributed by atoms with Crippen LogP contribution in [0, 0.1) is 5.82 Å². The normalized spacial score (nSPS) is 10.3. The number of amides is 1. The minimum Gasteiger partial charge on any atom is -0.469 e. The Balaban J connectivity index is 1.82. The first-order valence-electron chi connectivity index (χ1n) is 7.13. The Labute approximate surface area is 132 Å². The maximum Gasteiger partial charge on any atom is 0.307 e. The summed E-state index contributed by atoms with van der Waals surface area (Å²) in [4.78, 5) is 26.6. The van der Waals surface area contributed by atoms with E-state index in [2.05, 4.69) is 15.0 Å². The molecule has 2 rings (SSSR count). The maximum atomic E-state index is 13.6. The lowest BCUT2D eigenvalue weighted by Gasteiger charge is -2.03. The van der Waals surface area contributed by atoms with Crippen LogP contribution in [-0.2, 0) is 20.7 Å². The van der Waals surface area contributed by atoms with Gasteiger partial charge in [0.1, 0.15) is 5.82 Å². The molecule has 1 aromatic carbocycles. The predicted molar refractivity (Wildman–Crippen MR) is 79.9 cm³/mol. The summed E-state index contributed by atoms with van der Waals surface area (Å²) >= 11 is 0. The predicted octanol–water partition coefficient (Wildman–Crippen LogP) is 2.09. The van der Waals surface area contributed by atoms with E-state index in [9.17, 15) is 14.0 Å². The van der Waals surface area contributed by atoms with Crippen molar-refractivity contribution in [2.75, 3.05) is 13.7 Å². The van der Waals surface area contributed by atoms with Crippen LogP contribution in [0.3, 0.4) is 0 Å². The number of carbonyl (C=O) groups is 2. The second-order valence-corrected chi connectivity index (χ2v) is 4.77. The van der Waals surface area contributed by atoms with Gasteiger partial charge in [-0.2, -0.15) is 0 Å². The summed E-state index contributed by atoms with van der Waals surface area (Å²) in [6.45, 7) is 0.220. The van der Waals surface area contributed by atoms with Crippen LogP contribution in [0.2, 0.25) is 0 Å². The van der Waals surface area contributed by atoms with Crippen molar-refractivity contribution in [1.82, 2.24) is 10.3 Å². The highest BCUT2D eigenvalue weighted by Gasteiger charge is 2.11. The van der Waals surface area contributed by atoms with Crippen LogP contribution in [0.4, 0.5) is 4.39 Å². The molecule has 0 spiro atoms. The molecule has 0 unspecified atom stereocenters. The molecule has 1 amide bonds. The Bertz CT molecular complexity index is 684. The summed E-state index contributed by atoms with van der Waals surface area (Å²) in [5.41, 5.74) is 0.328. The van der Waals surface area contributed by atoms with E-state index in [0.717, 1.165) is 0 Å². The number of nitrogens with one attached hydrogen (secondary N) is 1. The third-order valence-corrected chi connectivity index (χ3v) is 3.14. The molecule has 0 aliphatic rings. The smallest absolute Gasteiger partial charge is 0.307 e. The van der Waals surface area contributed by atoms with Crippen LogP contribution in [0.5, 0.6) is 0 Å². The fourth-order valence-electron chi connectivity index (χ4n) is 1.93. The number of rotatable bonds is 7. The van der Waals surface area contributed by atoms with E-state index in [1.54, 1.807) is 18.2 Å². The van der Waals surface area contributed by atoms with E-state index in [4.69, 9.17) is 4.42 Å². The Morgan fingerprint density at radius 3 is 2.83 bits per heavy atom. The first-order valence-corrected chi connectivity index (χ1v) is 7.13. The molecule has 2 aromatic rings. The lowest BCUT2D eigenvalue weighted by Crippen LogP contribution is -2.26. The summed E-state index contributed by atoms with van der Waals surface area (Å²) in [7, 11) is 1.29. The third kappa shape index (κ3) is 4.91. The van der Waals surface area contributed by atoms with Crippen molar-refractivity contribution in [3.63, 3.8) is 0 Å². The van der Waals surface area contributed by atoms with E-state index in [1.807, 2.05) is 0 Å². The number of benzene rings is 1. The average molecular weight is 320 g/mol. The number of nitrogens with zero attached hydrogens (tertiary/aromatic N) is 1. The van der Waals surface area contributed by atoms with Crippen molar-refractivity contribution in [3.05, 3.63) is 42.2 Å². The van der Waals surface area contributed by atoms with E-state index in [1.165, 1.54) is 19.4 Å². The highest BCUT2D eigenvalue weighted by Crippen LogP contribution is 2.23. The van der Waals surface area contributed by atoms with E-state index >= 15 is 0 Å². The summed E-state index contributed by atoms with van der Waals surface area (Å²) in [5.74, 6) is -0.321. The molecule has 122 valence electrons. The van der Waals surface area contributed by atoms with Gasteiger partial charge >= 0.3 is 5.97 Å². The lowest BCUT2D eigenvalue weighted by atomic mass is 10.2. The number of hydrogen-bond acceptors (Lipinski definition) is 5. The Morgan fingerprint density at radius 1 is 1.30 bits per heavy atom. The van der Waals surface area contributed by atoms with Gasteiger partial charge in [-0.25, -0.2) is 9.37 Å². The molecule has 0 atom stereocenters. The van der Waals surface area contributed by atoms with Gasteiger partial charge in [0.15, 0.2) is 11.7 Å². The number of aromatic nitrogens is 1. The molecule has 0 saturated heterocycles. The number of hydrogen-bond donors (Lipinski definition) is 1. The second-order valence-electron chi connectivity index (χ2n) is 4.77. The summed E-state index contributed by atoms with van der Waals surface area (Å²) < 4.78 is 23.6. The minimum atomic E-state index is -0.393. The van der Waals surface area contributed by atoms with Crippen LogP contribution in [0.1, 0.15) is 18.7 Å². The van der Waals surface area contributed by atoms with Crippen molar-refractivity contribution in [1.29, 1.82) is 0 Å². The SMILES string of the molecule is COC(=O)CCNC(=O)CCc1ncc(-c2ccccc2F)o1. The van der Waals surface area contributed by atoms with Gasteiger partial charge < -0.3 is 14.5 Å². The van der Waals surface area contributed by atoms with Crippen LogP contribution >= 0.6 is 0 Å². The van der Waals surface area contributed by atoms with E-state index in [0.29, 0.717) is 23.6 Å². The molecule has 0 aliphatic heterocycles. The van der Waals surface area contributed by atoms with E-state index < -0.39 is 5.82 Å². The molecule has 6 nitrogen and oxygen atoms in total. The van der Waals surface area contributed by atoms with Crippen LogP contribution in [0.25, 0.3) is 11.3 Å². The maximum absolute atomic E-state index is 13.6. The van der Waals surface area contributed by atoms with Gasteiger partial charge in [-0.15, -0.1) is 0 Å². The zero-order valence-electron chi connectivity index (χ0n) is 12.7. The van der Waals surface area contributed by atoms with Crippen LogP contribution in [-0.4, -0.2) is 30.5 Å².